The SMILES string of the molecule is Cc1ccc2c(c1)c1nn(-c3ccc(F)cc3)c(=O)c-1cn2C1O[C@H](CO)[C@@H](O)[C@H]1O. The van der Waals surface area contributed by atoms with Gasteiger partial charge in [0.15, 0.2) is 6.23 Å². The molecule has 8 nitrogen and oxygen atoms in total. The van der Waals surface area contributed by atoms with Crippen molar-refractivity contribution >= 4 is 10.9 Å². The van der Waals surface area contributed by atoms with Crippen LogP contribution in [0.2, 0.25) is 0 Å². The smallest absolute Gasteiger partial charge is 0.282 e. The number of rotatable bonds is 3. The number of hydrogen-bond acceptors (Lipinski definition) is 6. The molecule has 0 bridgehead atoms. The van der Waals surface area contributed by atoms with Gasteiger partial charge in [-0.1, -0.05) is 11.6 Å². The zero-order valence-corrected chi connectivity index (χ0v) is 16.5. The fourth-order valence-corrected chi connectivity index (χ4v) is 4.08. The molecule has 1 fully saturated rings. The second-order valence-corrected chi connectivity index (χ2v) is 7.74. The number of nitrogens with zero attached hydrogens (tertiary/aromatic N) is 3. The Kier molecular flexibility index (Phi) is 4.63. The Morgan fingerprint density at radius 3 is 2.55 bits per heavy atom. The topological polar surface area (TPSA) is 110 Å². The average Bonchev–Trinajstić information content (AvgIpc) is 3.25. The molecule has 0 spiro atoms. The Labute approximate surface area is 175 Å². The highest BCUT2D eigenvalue weighted by Gasteiger charge is 2.43. The maximum Gasteiger partial charge on any atom is 0.282 e. The molecule has 0 aromatic heterocycles. The second-order valence-electron chi connectivity index (χ2n) is 7.74. The largest absolute Gasteiger partial charge is 0.394 e. The van der Waals surface area contributed by atoms with Crippen molar-refractivity contribution in [3.05, 3.63) is 70.4 Å². The predicted molar refractivity (Wildman–Crippen MR) is 110 cm³/mol. The molecule has 3 N–H and O–H groups in total. The van der Waals surface area contributed by atoms with Crippen molar-refractivity contribution in [2.45, 2.75) is 31.5 Å². The van der Waals surface area contributed by atoms with E-state index in [4.69, 9.17) is 4.74 Å². The lowest BCUT2D eigenvalue weighted by atomic mass is 10.0. The standard InChI is InChI=1S/C22H20FN3O5/c1-11-2-7-16-14(8-11)18-15(9-25(16)22-20(29)19(28)17(10-27)31-22)21(30)26(24-18)13-5-3-12(23)4-6-13/h2-9,17,19-20,22,27-29H,10H2,1H3/t17-,19-,20-,22?/m1/s1. The lowest BCUT2D eigenvalue weighted by Gasteiger charge is -2.22. The van der Waals surface area contributed by atoms with Crippen LogP contribution in [0.5, 0.6) is 0 Å². The van der Waals surface area contributed by atoms with Crippen LogP contribution < -0.4 is 5.56 Å². The van der Waals surface area contributed by atoms with Gasteiger partial charge in [-0.05, 0) is 43.3 Å². The minimum atomic E-state index is -1.30. The Morgan fingerprint density at radius 1 is 1.13 bits per heavy atom. The van der Waals surface area contributed by atoms with E-state index < -0.39 is 42.5 Å². The number of aliphatic hydroxyl groups is 3. The van der Waals surface area contributed by atoms with Crippen LogP contribution in [0.25, 0.3) is 27.8 Å². The summed E-state index contributed by atoms with van der Waals surface area (Å²) in [6, 6.07) is 11.0. The molecular weight excluding hydrogens is 405 g/mol. The molecule has 4 atom stereocenters. The zero-order valence-electron chi connectivity index (χ0n) is 16.5. The van der Waals surface area contributed by atoms with Crippen molar-refractivity contribution in [2.24, 2.45) is 0 Å². The maximum atomic E-state index is 13.3. The zero-order chi connectivity index (χ0) is 21.9. The molecule has 0 aliphatic carbocycles. The van der Waals surface area contributed by atoms with Crippen LogP contribution in [-0.4, -0.2) is 54.6 Å². The first kappa shape index (κ1) is 19.8. The van der Waals surface area contributed by atoms with Gasteiger partial charge in [0.1, 0.15) is 29.8 Å². The molecular formula is C22H20FN3O5. The molecule has 0 radical (unpaired) electrons. The van der Waals surface area contributed by atoms with E-state index in [1.54, 1.807) is 4.57 Å². The van der Waals surface area contributed by atoms with E-state index in [0.29, 0.717) is 22.3 Å². The fraction of sp³-hybridized carbons (Fsp3) is 0.273. The quantitative estimate of drug-likeness (QED) is 0.457. The van der Waals surface area contributed by atoms with Crippen LogP contribution in [0.3, 0.4) is 0 Å². The van der Waals surface area contributed by atoms with Crippen molar-refractivity contribution in [1.29, 1.82) is 0 Å². The Bertz CT molecular complexity index is 1300. The molecule has 1 saturated heterocycles. The third-order valence-corrected chi connectivity index (χ3v) is 5.69. The van der Waals surface area contributed by atoms with Gasteiger partial charge in [-0.3, -0.25) is 4.79 Å². The summed E-state index contributed by atoms with van der Waals surface area (Å²) in [6.07, 6.45) is -2.99. The van der Waals surface area contributed by atoms with E-state index >= 15 is 0 Å². The molecule has 2 aromatic carbocycles. The van der Waals surface area contributed by atoms with E-state index in [0.717, 1.165) is 5.56 Å². The van der Waals surface area contributed by atoms with Crippen molar-refractivity contribution < 1.29 is 24.4 Å². The summed E-state index contributed by atoms with van der Waals surface area (Å²) in [7, 11) is 0. The molecule has 9 heteroatoms. The van der Waals surface area contributed by atoms with Crippen molar-refractivity contribution in [1.82, 2.24) is 14.3 Å². The van der Waals surface area contributed by atoms with E-state index in [2.05, 4.69) is 5.10 Å². The van der Waals surface area contributed by atoms with Crippen LogP contribution in [0, 0.1) is 12.7 Å². The number of hydrogen-bond donors (Lipinski definition) is 3. The summed E-state index contributed by atoms with van der Waals surface area (Å²) < 4.78 is 21.8. The van der Waals surface area contributed by atoms with Gasteiger partial charge in [0.05, 0.1) is 23.4 Å². The molecule has 160 valence electrons. The lowest BCUT2D eigenvalue weighted by molar-refractivity contribution is -0.0508. The van der Waals surface area contributed by atoms with Crippen LogP contribution in [-0.2, 0) is 4.74 Å². The highest BCUT2D eigenvalue weighted by molar-refractivity contribution is 5.94. The molecule has 3 aliphatic rings. The highest BCUT2D eigenvalue weighted by Crippen LogP contribution is 2.36. The highest BCUT2D eigenvalue weighted by atomic mass is 19.1. The third-order valence-electron chi connectivity index (χ3n) is 5.69. The number of aryl methyl sites for hydroxylation is 1. The normalized spacial score (nSPS) is 23.8. The number of benzene rings is 2. The Morgan fingerprint density at radius 2 is 1.87 bits per heavy atom. The number of aromatic nitrogens is 3. The number of halogens is 1. The van der Waals surface area contributed by atoms with E-state index in [-0.39, 0.29) is 5.56 Å². The molecule has 3 aliphatic heterocycles. The molecule has 31 heavy (non-hydrogen) atoms. The minimum Gasteiger partial charge on any atom is -0.394 e. The summed E-state index contributed by atoms with van der Waals surface area (Å²) in [4.78, 5) is 13.2. The molecule has 0 amide bonds. The molecule has 3 heterocycles. The van der Waals surface area contributed by atoms with Gasteiger partial charge in [0.2, 0.25) is 0 Å². The van der Waals surface area contributed by atoms with E-state index in [9.17, 15) is 24.5 Å². The van der Waals surface area contributed by atoms with Gasteiger partial charge in [-0.2, -0.15) is 9.78 Å². The summed E-state index contributed by atoms with van der Waals surface area (Å²) in [5.41, 5.74) is 2.32. The Hall–Kier alpha value is -3.11. The van der Waals surface area contributed by atoms with E-state index in [1.807, 2.05) is 25.1 Å². The van der Waals surface area contributed by atoms with Crippen LogP contribution in [0.4, 0.5) is 4.39 Å². The first-order valence-electron chi connectivity index (χ1n) is 9.81. The molecule has 5 rings (SSSR count). The minimum absolute atomic E-state index is 0.278. The summed E-state index contributed by atoms with van der Waals surface area (Å²) in [5.74, 6) is -0.420. The monoisotopic (exact) mass is 425 g/mol. The second kappa shape index (κ2) is 7.24. The van der Waals surface area contributed by atoms with Gasteiger partial charge < -0.3 is 24.6 Å². The third kappa shape index (κ3) is 3.05. The number of pyridine rings is 1. The van der Waals surface area contributed by atoms with E-state index in [1.165, 1.54) is 35.1 Å². The van der Waals surface area contributed by atoms with Gasteiger partial charge in [0.25, 0.3) is 5.56 Å². The molecule has 0 saturated carbocycles. The van der Waals surface area contributed by atoms with Crippen molar-refractivity contribution in [3.8, 4) is 16.9 Å². The fourth-order valence-electron chi connectivity index (χ4n) is 4.08. The summed E-state index contributed by atoms with van der Waals surface area (Å²) in [5, 5.41) is 35.3. The summed E-state index contributed by atoms with van der Waals surface area (Å²) >= 11 is 0. The molecule has 1 unspecified atom stereocenters. The number of aliphatic hydroxyl groups excluding tert-OH is 3. The predicted octanol–water partition coefficient (Wildman–Crippen LogP) is 1.35. The molecule has 2 aromatic rings. The number of fused-ring (bicyclic) bond motifs is 3. The van der Waals surface area contributed by atoms with Gasteiger partial charge in [0, 0.05) is 11.6 Å². The van der Waals surface area contributed by atoms with Gasteiger partial charge in [-0.15, -0.1) is 0 Å². The lowest BCUT2D eigenvalue weighted by Crippen LogP contribution is -2.33. The first-order valence-corrected chi connectivity index (χ1v) is 9.81. The Balaban J connectivity index is 1.77. The summed E-state index contributed by atoms with van der Waals surface area (Å²) in [6.45, 7) is 1.45. The van der Waals surface area contributed by atoms with Crippen LogP contribution >= 0.6 is 0 Å². The van der Waals surface area contributed by atoms with Crippen LogP contribution in [0.15, 0.2) is 53.5 Å². The van der Waals surface area contributed by atoms with Gasteiger partial charge >= 0.3 is 0 Å². The van der Waals surface area contributed by atoms with Gasteiger partial charge in [-0.25, -0.2) is 4.39 Å². The first-order chi connectivity index (χ1) is 14.9. The van der Waals surface area contributed by atoms with Crippen LogP contribution in [0.1, 0.15) is 11.8 Å². The van der Waals surface area contributed by atoms with Crippen molar-refractivity contribution in [2.75, 3.05) is 6.61 Å². The maximum absolute atomic E-state index is 13.3. The van der Waals surface area contributed by atoms with Crippen molar-refractivity contribution in [3.63, 3.8) is 0 Å². The number of ether oxygens (including phenoxy) is 1. The average molecular weight is 425 g/mol.